The average molecular weight is 303 g/mol. The molecule has 3 nitrogen and oxygen atoms in total. The van der Waals surface area contributed by atoms with Gasteiger partial charge in [-0.25, -0.2) is 0 Å². The third-order valence-electron chi connectivity index (χ3n) is 3.72. The molecule has 0 atom stereocenters. The summed E-state index contributed by atoms with van der Waals surface area (Å²) in [4.78, 5) is 12.0. The Morgan fingerprint density at radius 2 is 2.05 bits per heavy atom. The van der Waals surface area contributed by atoms with E-state index in [1.54, 1.807) is 18.2 Å². The highest BCUT2D eigenvalue weighted by Gasteiger charge is 2.29. The topological polar surface area (TPSA) is 55.1 Å². The molecule has 0 saturated heterocycles. The summed E-state index contributed by atoms with van der Waals surface area (Å²) in [6.45, 7) is 2.94. The second-order valence-electron chi connectivity index (χ2n) is 5.44. The number of nitrogens with one attached hydrogen (secondary N) is 1. The van der Waals surface area contributed by atoms with Gasteiger partial charge in [0.15, 0.2) is 0 Å². The third kappa shape index (κ3) is 4.02. The number of carbonyl (C=O) groups is 1. The van der Waals surface area contributed by atoms with Crippen molar-refractivity contribution in [2.75, 3.05) is 12.3 Å². The maximum atomic E-state index is 12.0. The summed E-state index contributed by atoms with van der Waals surface area (Å²) < 4.78 is 0. The molecule has 0 radical (unpaired) electrons. The van der Waals surface area contributed by atoms with Crippen molar-refractivity contribution < 1.29 is 4.79 Å². The normalized spacial score (nSPS) is 16.7. The predicted molar refractivity (Wildman–Crippen MR) is 82.0 cm³/mol. The Bertz CT molecular complexity index is 457. The van der Waals surface area contributed by atoms with Gasteiger partial charge in [-0.15, -0.1) is 12.4 Å². The van der Waals surface area contributed by atoms with Crippen LogP contribution in [-0.4, -0.2) is 12.5 Å². The van der Waals surface area contributed by atoms with Crippen LogP contribution in [0, 0.1) is 5.41 Å². The van der Waals surface area contributed by atoms with E-state index in [-0.39, 0.29) is 23.7 Å². The molecule has 19 heavy (non-hydrogen) atoms. The number of amides is 1. The number of hydrogen-bond donors (Lipinski definition) is 2. The first-order valence-electron chi connectivity index (χ1n) is 6.33. The van der Waals surface area contributed by atoms with Crippen molar-refractivity contribution in [3.8, 4) is 0 Å². The maximum absolute atomic E-state index is 12.0. The lowest BCUT2D eigenvalue weighted by molar-refractivity contribution is 0.0934. The van der Waals surface area contributed by atoms with E-state index < -0.39 is 0 Å². The van der Waals surface area contributed by atoms with Gasteiger partial charge in [0.1, 0.15) is 0 Å². The minimum Gasteiger partial charge on any atom is -0.399 e. The molecule has 0 bridgehead atoms. The zero-order valence-corrected chi connectivity index (χ0v) is 12.6. The van der Waals surface area contributed by atoms with Gasteiger partial charge in [0.05, 0.1) is 10.6 Å². The minimum absolute atomic E-state index is 0. The van der Waals surface area contributed by atoms with Crippen LogP contribution in [0.4, 0.5) is 5.69 Å². The molecule has 5 heteroatoms. The molecule has 1 aliphatic rings. The fourth-order valence-corrected chi connectivity index (χ4v) is 2.78. The first-order chi connectivity index (χ1) is 8.50. The van der Waals surface area contributed by atoms with Crippen LogP contribution in [-0.2, 0) is 0 Å². The van der Waals surface area contributed by atoms with E-state index in [1.165, 1.54) is 25.7 Å². The Labute approximate surface area is 125 Å². The summed E-state index contributed by atoms with van der Waals surface area (Å²) in [5.41, 5.74) is 6.91. The van der Waals surface area contributed by atoms with Crippen molar-refractivity contribution in [1.29, 1.82) is 0 Å². The van der Waals surface area contributed by atoms with Gasteiger partial charge in [-0.05, 0) is 36.5 Å². The molecule has 1 aliphatic carbocycles. The van der Waals surface area contributed by atoms with E-state index in [4.69, 9.17) is 17.3 Å². The number of nitrogens with two attached hydrogens (primary N) is 1. The van der Waals surface area contributed by atoms with E-state index in [0.29, 0.717) is 22.8 Å². The zero-order valence-electron chi connectivity index (χ0n) is 11.0. The summed E-state index contributed by atoms with van der Waals surface area (Å²) in [7, 11) is 0. The number of nitrogen functional groups attached to an aromatic ring is 1. The second kappa shape index (κ2) is 6.49. The number of anilines is 1. The lowest BCUT2D eigenvalue weighted by Crippen LogP contribution is -2.34. The van der Waals surface area contributed by atoms with Crippen LogP contribution in [0.2, 0.25) is 5.02 Å². The van der Waals surface area contributed by atoms with E-state index in [2.05, 4.69) is 12.2 Å². The Balaban J connectivity index is 0.00000180. The van der Waals surface area contributed by atoms with Gasteiger partial charge in [-0.3, -0.25) is 4.79 Å². The molecule has 1 aromatic carbocycles. The molecule has 2 rings (SSSR count). The van der Waals surface area contributed by atoms with E-state index in [1.807, 2.05) is 0 Å². The molecular formula is C14H20Cl2N2O. The fourth-order valence-electron chi connectivity index (χ4n) is 2.51. The number of rotatable bonds is 3. The minimum atomic E-state index is -0.117. The first kappa shape index (κ1) is 16.1. The lowest BCUT2D eigenvalue weighted by Gasteiger charge is -2.23. The van der Waals surface area contributed by atoms with Crippen LogP contribution in [0.3, 0.4) is 0 Å². The fraction of sp³-hybridized carbons (Fsp3) is 0.500. The largest absolute Gasteiger partial charge is 0.399 e. The Kier molecular flexibility index (Phi) is 5.50. The molecule has 1 aromatic rings. The predicted octanol–water partition coefficient (Wildman–Crippen LogP) is 3.65. The average Bonchev–Trinajstić information content (AvgIpc) is 2.74. The van der Waals surface area contributed by atoms with Crippen molar-refractivity contribution in [1.82, 2.24) is 5.32 Å². The highest BCUT2D eigenvalue weighted by atomic mass is 35.5. The summed E-state index contributed by atoms with van der Waals surface area (Å²) >= 11 is 6.01. The standard InChI is InChI=1S/C14H19ClN2O.ClH/c1-14(6-2-3-7-14)9-17-13(18)11-5-4-10(16)8-12(11)15;/h4-5,8H,2-3,6-7,9,16H2,1H3,(H,17,18);1H. The SMILES string of the molecule is CC1(CNC(=O)c2ccc(N)cc2Cl)CCCC1.Cl. The zero-order chi connectivity index (χ0) is 13.2. The van der Waals surface area contributed by atoms with Gasteiger partial charge in [0.25, 0.3) is 5.91 Å². The van der Waals surface area contributed by atoms with Crippen LogP contribution < -0.4 is 11.1 Å². The molecule has 0 spiro atoms. The molecule has 3 N–H and O–H groups in total. The van der Waals surface area contributed by atoms with Crippen molar-refractivity contribution in [2.45, 2.75) is 32.6 Å². The van der Waals surface area contributed by atoms with Gasteiger partial charge in [0.2, 0.25) is 0 Å². The van der Waals surface area contributed by atoms with Crippen LogP contribution in [0.5, 0.6) is 0 Å². The van der Waals surface area contributed by atoms with Crippen molar-refractivity contribution in [2.24, 2.45) is 5.41 Å². The monoisotopic (exact) mass is 302 g/mol. The van der Waals surface area contributed by atoms with Gasteiger partial charge in [0, 0.05) is 12.2 Å². The molecule has 0 aliphatic heterocycles. The molecule has 1 saturated carbocycles. The molecule has 0 heterocycles. The van der Waals surface area contributed by atoms with E-state index in [0.717, 1.165) is 0 Å². The first-order valence-corrected chi connectivity index (χ1v) is 6.71. The smallest absolute Gasteiger partial charge is 0.252 e. The van der Waals surface area contributed by atoms with Gasteiger partial charge < -0.3 is 11.1 Å². The highest BCUT2D eigenvalue weighted by Crippen LogP contribution is 2.36. The van der Waals surface area contributed by atoms with Crippen molar-refractivity contribution >= 4 is 35.6 Å². The number of benzene rings is 1. The van der Waals surface area contributed by atoms with E-state index in [9.17, 15) is 4.79 Å². The Morgan fingerprint density at radius 1 is 1.42 bits per heavy atom. The van der Waals surface area contributed by atoms with Crippen LogP contribution in [0.15, 0.2) is 18.2 Å². The van der Waals surface area contributed by atoms with Crippen molar-refractivity contribution in [3.63, 3.8) is 0 Å². The quantitative estimate of drug-likeness (QED) is 0.837. The summed E-state index contributed by atoms with van der Waals surface area (Å²) in [6.07, 6.45) is 4.88. The third-order valence-corrected chi connectivity index (χ3v) is 4.04. The highest BCUT2D eigenvalue weighted by molar-refractivity contribution is 6.34. The van der Waals surface area contributed by atoms with Gasteiger partial charge >= 0.3 is 0 Å². The molecular weight excluding hydrogens is 283 g/mol. The van der Waals surface area contributed by atoms with Crippen LogP contribution in [0.1, 0.15) is 43.0 Å². The molecule has 0 aromatic heterocycles. The Hall–Kier alpha value is -0.930. The Morgan fingerprint density at radius 3 is 2.63 bits per heavy atom. The maximum Gasteiger partial charge on any atom is 0.252 e. The number of halogens is 2. The molecule has 0 unspecified atom stereocenters. The lowest BCUT2D eigenvalue weighted by atomic mass is 9.89. The van der Waals surface area contributed by atoms with Crippen LogP contribution in [0.25, 0.3) is 0 Å². The van der Waals surface area contributed by atoms with Crippen molar-refractivity contribution in [3.05, 3.63) is 28.8 Å². The molecule has 106 valence electrons. The van der Waals surface area contributed by atoms with Gasteiger partial charge in [-0.1, -0.05) is 31.4 Å². The second-order valence-corrected chi connectivity index (χ2v) is 5.85. The summed E-state index contributed by atoms with van der Waals surface area (Å²) in [6, 6.07) is 4.97. The van der Waals surface area contributed by atoms with Gasteiger partial charge in [-0.2, -0.15) is 0 Å². The molecule has 1 fully saturated rings. The molecule has 1 amide bonds. The number of hydrogen-bond acceptors (Lipinski definition) is 2. The van der Waals surface area contributed by atoms with E-state index >= 15 is 0 Å². The number of carbonyl (C=O) groups excluding carboxylic acids is 1. The summed E-state index contributed by atoms with van der Waals surface area (Å²) in [5, 5.41) is 3.38. The van der Waals surface area contributed by atoms with Crippen LogP contribution >= 0.6 is 24.0 Å². The summed E-state index contributed by atoms with van der Waals surface area (Å²) in [5.74, 6) is -0.117.